The third-order valence-electron chi connectivity index (χ3n) is 5.99. The minimum absolute atomic E-state index is 0.0662. The van der Waals surface area contributed by atoms with Crippen molar-refractivity contribution in [2.24, 2.45) is 0 Å². The lowest BCUT2D eigenvalue weighted by Gasteiger charge is -2.12. The van der Waals surface area contributed by atoms with Crippen LogP contribution in [0.1, 0.15) is 31.8 Å². The smallest absolute Gasteiger partial charge is 0.272 e. The van der Waals surface area contributed by atoms with Crippen LogP contribution in [-0.4, -0.2) is 31.8 Å². The summed E-state index contributed by atoms with van der Waals surface area (Å²) in [4.78, 5) is 38.8. The minimum Gasteiger partial charge on any atom is -0.497 e. The van der Waals surface area contributed by atoms with Crippen molar-refractivity contribution in [3.05, 3.63) is 136 Å². The molecule has 0 heterocycles. The number of allylic oxidation sites excluding steroid dienone is 1. The Balaban J connectivity index is 1.49. The van der Waals surface area contributed by atoms with Crippen LogP contribution in [0.15, 0.2) is 113 Å². The van der Waals surface area contributed by atoms with E-state index in [9.17, 15) is 14.4 Å². The van der Waals surface area contributed by atoms with Gasteiger partial charge in [-0.2, -0.15) is 0 Å². The Morgan fingerprint density at radius 1 is 0.780 bits per heavy atom. The van der Waals surface area contributed by atoms with Crippen molar-refractivity contribution in [2.75, 3.05) is 19.5 Å². The van der Waals surface area contributed by atoms with E-state index in [-0.39, 0.29) is 11.5 Å². The monoisotopic (exact) mass is 610 g/mol. The Hall–Kier alpha value is -4.95. The molecule has 4 aromatic carbocycles. The van der Waals surface area contributed by atoms with Crippen molar-refractivity contribution in [1.82, 2.24) is 5.32 Å². The van der Waals surface area contributed by atoms with Crippen LogP contribution in [0.2, 0.25) is 0 Å². The summed E-state index contributed by atoms with van der Waals surface area (Å²) < 4.78 is 11.5. The number of ether oxygens (including phenoxy) is 2. The number of amides is 2. The largest absolute Gasteiger partial charge is 0.497 e. The summed E-state index contributed by atoms with van der Waals surface area (Å²) in [6.45, 7) is 0. The normalized spacial score (nSPS) is 11.1. The highest BCUT2D eigenvalue weighted by atomic mass is 79.9. The molecule has 4 aromatic rings. The van der Waals surface area contributed by atoms with Crippen LogP contribution in [0, 0.1) is 0 Å². The molecule has 0 aliphatic carbocycles. The number of nitrogens with one attached hydrogen (secondary N) is 2. The molecule has 0 bridgehead atoms. The highest BCUT2D eigenvalue weighted by Gasteiger charge is 2.15. The number of halogens is 1. The summed E-state index contributed by atoms with van der Waals surface area (Å²) in [5.74, 6) is 0.107. The fourth-order valence-electron chi connectivity index (χ4n) is 3.82. The Kier molecular flexibility index (Phi) is 9.85. The number of hydrogen-bond donors (Lipinski definition) is 2. The molecule has 2 amide bonds. The average molecular weight is 611 g/mol. The van der Waals surface area contributed by atoms with Gasteiger partial charge in [-0.1, -0.05) is 46.3 Å². The maximum Gasteiger partial charge on any atom is 0.272 e. The first-order valence-corrected chi connectivity index (χ1v) is 13.3. The van der Waals surface area contributed by atoms with E-state index in [4.69, 9.17) is 9.47 Å². The summed E-state index contributed by atoms with van der Waals surface area (Å²) in [6.07, 6.45) is 4.70. The van der Waals surface area contributed by atoms with E-state index in [1.165, 1.54) is 6.08 Å². The van der Waals surface area contributed by atoms with Crippen molar-refractivity contribution in [1.29, 1.82) is 0 Å². The van der Waals surface area contributed by atoms with Gasteiger partial charge in [0.1, 0.15) is 17.2 Å². The molecular weight excluding hydrogens is 584 g/mol. The molecule has 0 aliphatic rings. The predicted molar refractivity (Wildman–Crippen MR) is 164 cm³/mol. The molecule has 4 rings (SSSR count). The summed E-state index contributed by atoms with van der Waals surface area (Å²) in [5, 5.41) is 5.50. The van der Waals surface area contributed by atoms with Gasteiger partial charge in [0.15, 0.2) is 5.78 Å². The summed E-state index contributed by atoms with van der Waals surface area (Å²) in [5.41, 5.74) is 2.81. The zero-order valence-corrected chi connectivity index (χ0v) is 24.0. The van der Waals surface area contributed by atoms with Gasteiger partial charge in [-0.3, -0.25) is 14.4 Å². The molecule has 0 unspecified atom stereocenters. The SMILES string of the molecule is COc1ccc(OC)c(/C=C/C(=O)c2ccc(NC(=O)/C(=C/c3ccc(Br)cc3)NC(=O)c3ccccc3)cc2)c1. The van der Waals surface area contributed by atoms with Crippen LogP contribution in [0.4, 0.5) is 5.69 Å². The number of anilines is 1. The second-order valence-corrected chi connectivity index (χ2v) is 9.68. The van der Waals surface area contributed by atoms with Crippen molar-refractivity contribution >= 4 is 51.4 Å². The average Bonchev–Trinajstić information content (AvgIpc) is 3.01. The van der Waals surface area contributed by atoms with Crippen molar-refractivity contribution in [3.8, 4) is 11.5 Å². The van der Waals surface area contributed by atoms with Crippen LogP contribution in [-0.2, 0) is 4.79 Å². The second-order valence-electron chi connectivity index (χ2n) is 8.77. The Morgan fingerprint density at radius 3 is 2.15 bits per heavy atom. The minimum atomic E-state index is -0.513. The fourth-order valence-corrected chi connectivity index (χ4v) is 4.08. The summed E-state index contributed by atoms with van der Waals surface area (Å²) in [7, 11) is 3.12. The van der Waals surface area contributed by atoms with E-state index in [1.807, 2.05) is 30.3 Å². The molecule has 0 saturated heterocycles. The molecule has 0 aromatic heterocycles. The van der Waals surface area contributed by atoms with E-state index in [0.29, 0.717) is 33.9 Å². The maximum absolute atomic E-state index is 13.2. The lowest BCUT2D eigenvalue weighted by atomic mass is 10.1. The molecule has 0 spiro atoms. The molecule has 2 N–H and O–H groups in total. The molecule has 0 atom stereocenters. The lowest BCUT2D eigenvalue weighted by molar-refractivity contribution is -0.113. The lowest BCUT2D eigenvalue weighted by Crippen LogP contribution is -2.30. The molecule has 0 radical (unpaired) electrons. The quantitative estimate of drug-likeness (QED) is 0.153. The van der Waals surface area contributed by atoms with Gasteiger partial charge >= 0.3 is 0 Å². The fraction of sp³-hybridized carbons (Fsp3) is 0.0606. The predicted octanol–water partition coefficient (Wildman–Crippen LogP) is 6.77. The number of carbonyl (C=O) groups is 3. The Labute approximate surface area is 246 Å². The zero-order chi connectivity index (χ0) is 29.2. The molecule has 206 valence electrons. The van der Waals surface area contributed by atoms with Crippen LogP contribution >= 0.6 is 15.9 Å². The summed E-state index contributed by atoms with van der Waals surface area (Å²) >= 11 is 3.40. The number of benzene rings is 4. The number of methoxy groups -OCH3 is 2. The van der Waals surface area contributed by atoms with Gasteiger partial charge < -0.3 is 20.1 Å². The third kappa shape index (κ3) is 8.03. The standard InChI is InChI=1S/C33H27BrN2O5/c1-40-28-17-19-31(41-2)25(21-28)12-18-30(37)23-10-15-27(16-11-23)35-33(39)29(20-22-8-13-26(34)14-9-22)36-32(38)24-6-4-3-5-7-24/h3-21H,1-2H3,(H,35,39)(H,36,38)/b18-12+,29-20-. The van der Waals surface area contributed by atoms with E-state index in [2.05, 4.69) is 26.6 Å². The Bertz CT molecular complexity index is 1600. The van der Waals surface area contributed by atoms with Gasteiger partial charge in [0, 0.05) is 26.9 Å². The van der Waals surface area contributed by atoms with Gasteiger partial charge in [0.05, 0.1) is 14.2 Å². The van der Waals surface area contributed by atoms with Crippen LogP contribution in [0.5, 0.6) is 11.5 Å². The van der Waals surface area contributed by atoms with Crippen molar-refractivity contribution in [2.45, 2.75) is 0 Å². The molecule has 0 aliphatic heterocycles. The molecule has 0 saturated carbocycles. The summed E-state index contributed by atoms with van der Waals surface area (Å²) in [6, 6.07) is 27.8. The maximum atomic E-state index is 13.2. The Morgan fingerprint density at radius 2 is 1.49 bits per heavy atom. The van der Waals surface area contributed by atoms with E-state index in [0.717, 1.165) is 10.0 Å². The van der Waals surface area contributed by atoms with E-state index >= 15 is 0 Å². The molecular formula is C33H27BrN2O5. The zero-order valence-electron chi connectivity index (χ0n) is 22.4. The van der Waals surface area contributed by atoms with E-state index < -0.39 is 11.8 Å². The van der Waals surface area contributed by atoms with Gasteiger partial charge in [-0.25, -0.2) is 0 Å². The van der Waals surface area contributed by atoms with Crippen molar-refractivity contribution in [3.63, 3.8) is 0 Å². The first-order valence-electron chi connectivity index (χ1n) is 12.6. The first-order chi connectivity index (χ1) is 19.9. The first kappa shape index (κ1) is 29.0. The number of carbonyl (C=O) groups excluding carboxylic acids is 3. The van der Waals surface area contributed by atoms with Gasteiger partial charge in [-0.15, -0.1) is 0 Å². The number of hydrogen-bond acceptors (Lipinski definition) is 5. The van der Waals surface area contributed by atoms with Crippen LogP contribution < -0.4 is 20.1 Å². The third-order valence-corrected chi connectivity index (χ3v) is 6.52. The molecule has 41 heavy (non-hydrogen) atoms. The topological polar surface area (TPSA) is 93.7 Å². The number of ketones is 1. The molecule has 0 fully saturated rings. The number of rotatable bonds is 10. The van der Waals surface area contributed by atoms with E-state index in [1.54, 1.807) is 93.1 Å². The van der Waals surface area contributed by atoms with Gasteiger partial charge in [0.2, 0.25) is 0 Å². The van der Waals surface area contributed by atoms with Crippen molar-refractivity contribution < 1.29 is 23.9 Å². The van der Waals surface area contributed by atoms with Gasteiger partial charge in [-0.05, 0) is 90.5 Å². The second kappa shape index (κ2) is 13.9. The highest BCUT2D eigenvalue weighted by molar-refractivity contribution is 9.10. The van der Waals surface area contributed by atoms with Crippen LogP contribution in [0.25, 0.3) is 12.2 Å². The molecule has 7 nitrogen and oxygen atoms in total. The van der Waals surface area contributed by atoms with Gasteiger partial charge in [0.25, 0.3) is 11.8 Å². The van der Waals surface area contributed by atoms with Crippen LogP contribution in [0.3, 0.4) is 0 Å². The highest BCUT2D eigenvalue weighted by Crippen LogP contribution is 2.25. The molecule has 8 heteroatoms.